The molecule has 3 heteroatoms. The summed E-state index contributed by atoms with van der Waals surface area (Å²) in [7, 11) is 0. The van der Waals surface area contributed by atoms with Crippen LogP contribution >= 0.6 is 0 Å². The Balaban J connectivity index is 2.29. The SMILES string of the molecule is Cc1cc(C(N)C2CC(C)(C)OC2(C)C)c(C)o1. The Morgan fingerprint density at radius 1 is 1.28 bits per heavy atom. The summed E-state index contributed by atoms with van der Waals surface area (Å²) >= 11 is 0. The molecule has 102 valence electrons. The highest BCUT2D eigenvalue weighted by molar-refractivity contribution is 5.25. The van der Waals surface area contributed by atoms with Crippen LogP contribution in [0.1, 0.15) is 57.2 Å². The molecule has 0 aliphatic carbocycles. The molecule has 2 N–H and O–H groups in total. The van der Waals surface area contributed by atoms with Crippen molar-refractivity contribution in [1.29, 1.82) is 0 Å². The third-order valence-electron chi connectivity index (χ3n) is 4.02. The Bertz CT molecular complexity index is 445. The monoisotopic (exact) mass is 251 g/mol. The van der Waals surface area contributed by atoms with E-state index in [2.05, 4.69) is 33.8 Å². The molecule has 0 saturated carbocycles. The predicted molar refractivity (Wildman–Crippen MR) is 72.5 cm³/mol. The number of furan rings is 1. The van der Waals surface area contributed by atoms with E-state index < -0.39 is 0 Å². The predicted octanol–water partition coefficient (Wildman–Crippen LogP) is 3.49. The molecular weight excluding hydrogens is 226 g/mol. The summed E-state index contributed by atoms with van der Waals surface area (Å²) in [6.45, 7) is 12.5. The van der Waals surface area contributed by atoms with Crippen molar-refractivity contribution in [1.82, 2.24) is 0 Å². The van der Waals surface area contributed by atoms with Crippen LogP contribution in [0.3, 0.4) is 0 Å². The summed E-state index contributed by atoms with van der Waals surface area (Å²) in [5.41, 5.74) is 7.30. The zero-order valence-electron chi connectivity index (χ0n) is 12.3. The van der Waals surface area contributed by atoms with Crippen molar-refractivity contribution in [3.8, 4) is 0 Å². The molecule has 0 bridgehead atoms. The maximum Gasteiger partial charge on any atom is 0.105 e. The molecule has 0 aromatic carbocycles. The summed E-state index contributed by atoms with van der Waals surface area (Å²) in [5, 5.41) is 0. The Morgan fingerprint density at radius 2 is 1.89 bits per heavy atom. The van der Waals surface area contributed by atoms with Gasteiger partial charge in [-0.05, 0) is 54.0 Å². The van der Waals surface area contributed by atoms with E-state index in [9.17, 15) is 0 Å². The van der Waals surface area contributed by atoms with E-state index >= 15 is 0 Å². The lowest BCUT2D eigenvalue weighted by atomic mass is 9.79. The van der Waals surface area contributed by atoms with Gasteiger partial charge in [-0.25, -0.2) is 0 Å². The van der Waals surface area contributed by atoms with Crippen LogP contribution in [0, 0.1) is 19.8 Å². The van der Waals surface area contributed by atoms with E-state index in [1.165, 1.54) is 0 Å². The number of hydrogen-bond donors (Lipinski definition) is 1. The molecular formula is C15H25NO2. The van der Waals surface area contributed by atoms with Crippen LogP contribution in [-0.2, 0) is 4.74 Å². The van der Waals surface area contributed by atoms with E-state index in [4.69, 9.17) is 14.9 Å². The Hall–Kier alpha value is -0.800. The molecule has 2 unspecified atom stereocenters. The van der Waals surface area contributed by atoms with E-state index in [0.29, 0.717) is 5.92 Å². The number of aryl methyl sites for hydroxylation is 2. The molecule has 2 heterocycles. The maximum atomic E-state index is 6.47. The van der Waals surface area contributed by atoms with Crippen LogP contribution in [0.4, 0.5) is 0 Å². The van der Waals surface area contributed by atoms with Gasteiger partial charge in [0.05, 0.1) is 11.2 Å². The van der Waals surface area contributed by atoms with E-state index in [-0.39, 0.29) is 17.2 Å². The van der Waals surface area contributed by atoms with Gasteiger partial charge in [-0.15, -0.1) is 0 Å². The first-order valence-electron chi connectivity index (χ1n) is 6.65. The van der Waals surface area contributed by atoms with E-state index in [1.54, 1.807) is 0 Å². The van der Waals surface area contributed by atoms with Gasteiger partial charge in [0.25, 0.3) is 0 Å². The first kappa shape index (κ1) is 13.6. The zero-order chi connectivity index (χ0) is 13.7. The van der Waals surface area contributed by atoms with Crippen molar-refractivity contribution in [2.24, 2.45) is 11.7 Å². The van der Waals surface area contributed by atoms with E-state index in [0.717, 1.165) is 23.5 Å². The van der Waals surface area contributed by atoms with Crippen molar-refractivity contribution in [3.05, 3.63) is 23.2 Å². The molecule has 1 aliphatic rings. The molecule has 18 heavy (non-hydrogen) atoms. The third kappa shape index (κ3) is 2.34. The Morgan fingerprint density at radius 3 is 2.28 bits per heavy atom. The average molecular weight is 251 g/mol. The van der Waals surface area contributed by atoms with Crippen LogP contribution in [0.15, 0.2) is 10.5 Å². The molecule has 0 amide bonds. The van der Waals surface area contributed by atoms with Gasteiger partial charge in [-0.2, -0.15) is 0 Å². The van der Waals surface area contributed by atoms with Gasteiger partial charge < -0.3 is 14.9 Å². The fourth-order valence-electron chi connectivity index (χ4n) is 3.36. The third-order valence-corrected chi connectivity index (χ3v) is 4.02. The van der Waals surface area contributed by atoms with Crippen LogP contribution in [0.5, 0.6) is 0 Å². The summed E-state index contributed by atoms with van der Waals surface area (Å²) in [6.07, 6.45) is 0.977. The van der Waals surface area contributed by atoms with Gasteiger partial charge in [-0.3, -0.25) is 0 Å². The lowest BCUT2D eigenvalue weighted by Gasteiger charge is -2.30. The van der Waals surface area contributed by atoms with Crippen LogP contribution in [0.25, 0.3) is 0 Å². The molecule has 1 aliphatic heterocycles. The van der Waals surface area contributed by atoms with Crippen LogP contribution in [0.2, 0.25) is 0 Å². The minimum absolute atomic E-state index is 0.0285. The van der Waals surface area contributed by atoms with Gasteiger partial charge in [0, 0.05) is 17.5 Å². The van der Waals surface area contributed by atoms with Gasteiger partial charge in [0.1, 0.15) is 11.5 Å². The first-order chi connectivity index (χ1) is 8.12. The van der Waals surface area contributed by atoms with Crippen LogP contribution in [-0.4, -0.2) is 11.2 Å². The second-order valence-electron chi connectivity index (χ2n) is 6.67. The molecule has 2 atom stereocenters. The van der Waals surface area contributed by atoms with Gasteiger partial charge in [0.2, 0.25) is 0 Å². The smallest absolute Gasteiger partial charge is 0.105 e. The summed E-state index contributed by atoms with van der Waals surface area (Å²) in [4.78, 5) is 0. The topological polar surface area (TPSA) is 48.4 Å². The quantitative estimate of drug-likeness (QED) is 0.875. The molecule has 1 aromatic rings. The van der Waals surface area contributed by atoms with Crippen molar-refractivity contribution >= 4 is 0 Å². The zero-order valence-corrected chi connectivity index (χ0v) is 12.3. The van der Waals surface area contributed by atoms with Crippen molar-refractivity contribution < 1.29 is 9.15 Å². The summed E-state index contributed by atoms with van der Waals surface area (Å²) < 4.78 is 11.7. The second kappa shape index (κ2) is 4.10. The first-order valence-corrected chi connectivity index (χ1v) is 6.65. The average Bonchev–Trinajstić information content (AvgIpc) is 2.61. The normalized spacial score (nSPS) is 27.4. The number of nitrogens with two attached hydrogens (primary N) is 1. The van der Waals surface area contributed by atoms with Crippen LogP contribution < -0.4 is 5.73 Å². The molecule has 1 fully saturated rings. The highest BCUT2D eigenvalue weighted by atomic mass is 16.5. The fraction of sp³-hybridized carbons (Fsp3) is 0.733. The van der Waals surface area contributed by atoms with Crippen molar-refractivity contribution in [2.75, 3.05) is 0 Å². The highest BCUT2D eigenvalue weighted by Crippen LogP contribution is 2.47. The largest absolute Gasteiger partial charge is 0.466 e. The van der Waals surface area contributed by atoms with Crippen molar-refractivity contribution in [2.45, 2.75) is 65.2 Å². The maximum absolute atomic E-state index is 6.47. The number of ether oxygens (including phenoxy) is 1. The molecule has 3 nitrogen and oxygen atoms in total. The lowest BCUT2D eigenvalue weighted by Crippen LogP contribution is -2.35. The minimum Gasteiger partial charge on any atom is -0.466 e. The highest BCUT2D eigenvalue weighted by Gasteiger charge is 2.48. The Labute approximate surface area is 110 Å². The van der Waals surface area contributed by atoms with Gasteiger partial charge in [-0.1, -0.05) is 0 Å². The Kier molecular flexibility index (Phi) is 3.11. The molecule has 2 rings (SSSR count). The van der Waals surface area contributed by atoms with Crippen molar-refractivity contribution in [3.63, 3.8) is 0 Å². The fourth-order valence-corrected chi connectivity index (χ4v) is 3.36. The number of hydrogen-bond acceptors (Lipinski definition) is 3. The summed E-state index contributed by atoms with van der Waals surface area (Å²) in [6, 6.07) is 2.03. The molecule has 0 spiro atoms. The van der Waals surface area contributed by atoms with Gasteiger partial charge in [0.15, 0.2) is 0 Å². The number of rotatable bonds is 2. The minimum atomic E-state index is -0.194. The standard InChI is InChI=1S/C15H25NO2/c1-9-7-11(10(2)17-9)13(16)12-8-14(3,4)18-15(12,5)6/h7,12-13H,8,16H2,1-6H3. The molecule has 1 saturated heterocycles. The van der Waals surface area contributed by atoms with E-state index in [1.807, 2.05) is 13.8 Å². The molecule has 1 aromatic heterocycles. The summed E-state index contributed by atoms with van der Waals surface area (Å²) in [5.74, 6) is 2.16. The van der Waals surface area contributed by atoms with Gasteiger partial charge >= 0.3 is 0 Å². The second-order valence-corrected chi connectivity index (χ2v) is 6.67. The molecule has 0 radical (unpaired) electrons. The lowest BCUT2D eigenvalue weighted by molar-refractivity contribution is -0.0767.